The lowest BCUT2D eigenvalue weighted by Crippen LogP contribution is -2.32. The highest BCUT2D eigenvalue weighted by atomic mass is 16.4. The Morgan fingerprint density at radius 2 is 1.88 bits per heavy atom. The highest BCUT2D eigenvalue weighted by Crippen LogP contribution is 2.28. The quantitative estimate of drug-likeness (QED) is 0.601. The highest BCUT2D eigenvalue weighted by Gasteiger charge is 2.16. The van der Waals surface area contributed by atoms with Crippen LogP contribution in [-0.4, -0.2) is 27.3 Å². The van der Waals surface area contributed by atoms with Crippen molar-refractivity contribution in [3.63, 3.8) is 0 Å². The second kappa shape index (κ2) is 4.85. The van der Waals surface area contributed by atoms with E-state index < -0.39 is 12.0 Å². The number of aryl methyl sites for hydroxylation is 1. The smallest absolute Gasteiger partial charge is 0.320 e. The molecule has 5 N–H and O–H groups in total. The highest BCUT2D eigenvalue weighted by molar-refractivity contribution is 5.73. The SMILES string of the molecule is CCc1cc(CC(N)C(=O)O)c(O)cc1O. The summed E-state index contributed by atoms with van der Waals surface area (Å²) >= 11 is 0. The first-order valence-corrected chi connectivity index (χ1v) is 4.97. The number of nitrogens with two attached hydrogens (primary N) is 1. The Morgan fingerprint density at radius 3 is 2.38 bits per heavy atom. The average Bonchev–Trinajstić information content (AvgIpc) is 2.21. The molecule has 16 heavy (non-hydrogen) atoms. The van der Waals surface area contributed by atoms with Crippen LogP contribution in [0.25, 0.3) is 0 Å². The van der Waals surface area contributed by atoms with E-state index in [1.54, 1.807) is 6.07 Å². The molecule has 0 saturated heterocycles. The van der Waals surface area contributed by atoms with Gasteiger partial charge in [0, 0.05) is 12.5 Å². The maximum absolute atomic E-state index is 10.6. The van der Waals surface area contributed by atoms with Gasteiger partial charge in [-0.15, -0.1) is 0 Å². The summed E-state index contributed by atoms with van der Waals surface area (Å²) in [5, 5.41) is 27.6. The number of carbonyl (C=O) groups is 1. The third-order valence-electron chi connectivity index (χ3n) is 2.42. The molecule has 5 heteroatoms. The number of carboxylic acid groups (broad SMARTS) is 1. The molecule has 5 nitrogen and oxygen atoms in total. The molecule has 0 heterocycles. The molecular weight excluding hydrogens is 210 g/mol. The van der Waals surface area contributed by atoms with Crippen molar-refractivity contribution in [3.05, 3.63) is 23.3 Å². The van der Waals surface area contributed by atoms with E-state index in [1.165, 1.54) is 6.07 Å². The molecule has 0 aromatic heterocycles. The topological polar surface area (TPSA) is 104 Å². The van der Waals surface area contributed by atoms with Gasteiger partial charge in [0.15, 0.2) is 0 Å². The molecule has 0 aliphatic carbocycles. The van der Waals surface area contributed by atoms with E-state index in [1.807, 2.05) is 6.92 Å². The van der Waals surface area contributed by atoms with Crippen LogP contribution in [0.1, 0.15) is 18.1 Å². The minimum absolute atomic E-state index is 0.00708. The lowest BCUT2D eigenvalue weighted by Gasteiger charge is -2.11. The lowest BCUT2D eigenvalue weighted by atomic mass is 10.0. The van der Waals surface area contributed by atoms with Crippen molar-refractivity contribution < 1.29 is 20.1 Å². The van der Waals surface area contributed by atoms with Crippen LogP contribution in [0.15, 0.2) is 12.1 Å². The molecule has 1 aromatic rings. The van der Waals surface area contributed by atoms with Crippen molar-refractivity contribution >= 4 is 5.97 Å². The van der Waals surface area contributed by atoms with E-state index >= 15 is 0 Å². The van der Waals surface area contributed by atoms with Gasteiger partial charge < -0.3 is 21.1 Å². The van der Waals surface area contributed by atoms with Gasteiger partial charge in [0.1, 0.15) is 17.5 Å². The first-order chi connectivity index (χ1) is 7.45. The van der Waals surface area contributed by atoms with Crippen LogP contribution in [0.3, 0.4) is 0 Å². The molecule has 0 radical (unpaired) electrons. The molecule has 1 unspecified atom stereocenters. The molecule has 1 atom stereocenters. The van der Waals surface area contributed by atoms with E-state index in [-0.39, 0.29) is 17.9 Å². The van der Waals surface area contributed by atoms with Crippen LogP contribution in [0.5, 0.6) is 11.5 Å². The van der Waals surface area contributed by atoms with Crippen molar-refractivity contribution in [3.8, 4) is 11.5 Å². The van der Waals surface area contributed by atoms with Gasteiger partial charge in [0.2, 0.25) is 0 Å². The van der Waals surface area contributed by atoms with Gasteiger partial charge in [-0.05, 0) is 23.6 Å². The van der Waals surface area contributed by atoms with Crippen molar-refractivity contribution in [2.24, 2.45) is 5.73 Å². The number of phenolic OH excluding ortho intramolecular Hbond substituents is 2. The predicted octanol–water partition coefficient (Wildman–Crippen LogP) is 0.615. The molecule has 0 aliphatic rings. The second-order valence-corrected chi connectivity index (χ2v) is 3.61. The number of rotatable bonds is 4. The summed E-state index contributed by atoms with van der Waals surface area (Å²) in [6.45, 7) is 1.85. The van der Waals surface area contributed by atoms with Crippen molar-refractivity contribution in [1.29, 1.82) is 0 Å². The minimum Gasteiger partial charge on any atom is -0.508 e. The number of carboxylic acids is 1. The number of hydrogen-bond donors (Lipinski definition) is 4. The molecule has 1 aromatic carbocycles. The fourth-order valence-electron chi connectivity index (χ4n) is 1.44. The standard InChI is InChI=1S/C11H15NO4/c1-2-6-3-7(4-8(12)11(15)16)10(14)5-9(6)13/h3,5,8,13-14H,2,4,12H2,1H3,(H,15,16). The normalized spacial score (nSPS) is 12.4. The van der Waals surface area contributed by atoms with Crippen molar-refractivity contribution in [1.82, 2.24) is 0 Å². The van der Waals surface area contributed by atoms with Crippen LogP contribution >= 0.6 is 0 Å². The fraction of sp³-hybridized carbons (Fsp3) is 0.364. The van der Waals surface area contributed by atoms with Crippen LogP contribution < -0.4 is 5.73 Å². The monoisotopic (exact) mass is 225 g/mol. The summed E-state index contributed by atoms with van der Waals surface area (Å²) in [4.78, 5) is 10.6. The summed E-state index contributed by atoms with van der Waals surface area (Å²) in [5.41, 5.74) is 6.47. The summed E-state index contributed by atoms with van der Waals surface area (Å²) in [6, 6.07) is 1.73. The van der Waals surface area contributed by atoms with E-state index in [9.17, 15) is 15.0 Å². The average molecular weight is 225 g/mol. The zero-order valence-electron chi connectivity index (χ0n) is 8.97. The number of hydrogen-bond acceptors (Lipinski definition) is 4. The zero-order chi connectivity index (χ0) is 12.3. The Morgan fingerprint density at radius 1 is 1.31 bits per heavy atom. The largest absolute Gasteiger partial charge is 0.508 e. The summed E-state index contributed by atoms with van der Waals surface area (Å²) in [6.07, 6.45) is 0.635. The van der Waals surface area contributed by atoms with Crippen LogP contribution in [0.2, 0.25) is 0 Å². The number of phenols is 2. The van der Waals surface area contributed by atoms with Crippen molar-refractivity contribution in [2.45, 2.75) is 25.8 Å². The summed E-state index contributed by atoms with van der Waals surface area (Å²) < 4.78 is 0. The predicted molar refractivity (Wildman–Crippen MR) is 58.5 cm³/mol. The first-order valence-electron chi connectivity index (χ1n) is 4.97. The Balaban J connectivity index is 3.00. The fourth-order valence-corrected chi connectivity index (χ4v) is 1.44. The van der Waals surface area contributed by atoms with Crippen LogP contribution in [0.4, 0.5) is 0 Å². The second-order valence-electron chi connectivity index (χ2n) is 3.61. The number of benzene rings is 1. The molecule has 88 valence electrons. The minimum atomic E-state index is -1.12. The molecule has 0 amide bonds. The summed E-state index contributed by atoms with van der Waals surface area (Å²) in [7, 11) is 0. The molecule has 0 bridgehead atoms. The van der Waals surface area contributed by atoms with Gasteiger partial charge >= 0.3 is 5.97 Å². The first kappa shape index (κ1) is 12.3. The van der Waals surface area contributed by atoms with Gasteiger partial charge in [0.25, 0.3) is 0 Å². The summed E-state index contributed by atoms with van der Waals surface area (Å²) in [5.74, 6) is -1.25. The zero-order valence-corrected chi connectivity index (χ0v) is 8.97. The van der Waals surface area contributed by atoms with E-state index in [0.717, 1.165) is 0 Å². The number of aromatic hydroxyl groups is 2. The third-order valence-corrected chi connectivity index (χ3v) is 2.42. The lowest BCUT2D eigenvalue weighted by molar-refractivity contribution is -0.138. The Kier molecular flexibility index (Phi) is 3.73. The third kappa shape index (κ3) is 2.64. The molecule has 1 rings (SSSR count). The molecule has 0 spiro atoms. The maximum atomic E-state index is 10.6. The van der Waals surface area contributed by atoms with Gasteiger partial charge in [-0.25, -0.2) is 0 Å². The maximum Gasteiger partial charge on any atom is 0.320 e. The Labute approximate surface area is 93.1 Å². The van der Waals surface area contributed by atoms with E-state index in [4.69, 9.17) is 10.8 Å². The van der Waals surface area contributed by atoms with Crippen LogP contribution in [0, 0.1) is 0 Å². The van der Waals surface area contributed by atoms with Gasteiger partial charge in [0.05, 0.1) is 0 Å². The van der Waals surface area contributed by atoms with Crippen molar-refractivity contribution in [2.75, 3.05) is 0 Å². The number of aliphatic carboxylic acids is 1. The van der Waals surface area contributed by atoms with Gasteiger partial charge in [-0.2, -0.15) is 0 Å². The van der Waals surface area contributed by atoms with Gasteiger partial charge in [-0.1, -0.05) is 6.92 Å². The van der Waals surface area contributed by atoms with E-state index in [0.29, 0.717) is 17.5 Å². The molecule has 0 saturated carbocycles. The van der Waals surface area contributed by atoms with Crippen LogP contribution in [-0.2, 0) is 17.6 Å². The molecular formula is C11H15NO4. The Bertz CT molecular complexity index is 403. The van der Waals surface area contributed by atoms with E-state index in [2.05, 4.69) is 0 Å². The van der Waals surface area contributed by atoms with Gasteiger partial charge in [-0.3, -0.25) is 4.79 Å². The molecule has 0 fully saturated rings. The molecule has 0 aliphatic heterocycles. The Hall–Kier alpha value is -1.75.